The Kier molecular flexibility index (Phi) is 6.80. The van der Waals surface area contributed by atoms with Gasteiger partial charge in [0.1, 0.15) is 6.04 Å². The van der Waals surface area contributed by atoms with E-state index in [0.717, 1.165) is 31.2 Å². The minimum atomic E-state index is -0.373. The fourth-order valence-corrected chi connectivity index (χ4v) is 4.27. The number of urea groups is 1. The van der Waals surface area contributed by atoms with E-state index in [1.165, 1.54) is 11.3 Å². The topological polar surface area (TPSA) is 74.8 Å². The molecule has 1 atom stereocenters. The molecule has 1 fully saturated rings. The van der Waals surface area contributed by atoms with E-state index < -0.39 is 0 Å². The number of hydrogen-bond acceptors (Lipinski definition) is 3. The first-order valence-corrected chi connectivity index (χ1v) is 10.1. The molecule has 0 saturated heterocycles. The lowest BCUT2D eigenvalue weighted by atomic mass is 9.96. The van der Waals surface area contributed by atoms with Crippen LogP contribution < -0.4 is 16.0 Å². The Hall–Kier alpha value is -2.18. The van der Waals surface area contributed by atoms with Crippen LogP contribution in [0.3, 0.4) is 0 Å². The maximum atomic E-state index is 12.2. The van der Waals surface area contributed by atoms with Gasteiger partial charge in [0.2, 0.25) is 0 Å². The van der Waals surface area contributed by atoms with Gasteiger partial charge in [0.25, 0.3) is 5.91 Å². The smallest absolute Gasteiger partial charge is 0.321 e. The van der Waals surface area contributed by atoms with Crippen LogP contribution in [-0.4, -0.2) is 24.5 Å². The molecule has 1 saturated carbocycles. The molecule has 2 aromatic rings. The molecule has 1 aromatic heterocycles. The van der Waals surface area contributed by atoms with Crippen LogP contribution in [0.15, 0.2) is 47.8 Å². The highest BCUT2D eigenvalue weighted by Gasteiger charge is 2.21. The zero-order valence-corrected chi connectivity index (χ0v) is 15.6. The molecule has 0 spiro atoms. The second-order valence-corrected chi connectivity index (χ2v) is 7.68. The molecule has 0 radical (unpaired) electrons. The molecule has 1 heterocycles. The quantitative estimate of drug-likeness (QED) is 0.729. The van der Waals surface area contributed by atoms with Crippen molar-refractivity contribution in [1.29, 1.82) is 0 Å². The van der Waals surface area contributed by atoms with Crippen molar-refractivity contribution in [3.8, 4) is 0 Å². The van der Waals surface area contributed by atoms with Crippen LogP contribution >= 0.6 is 11.3 Å². The number of amides is 3. The fourth-order valence-electron chi connectivity index (χ4n) is 3.42. The predicted molar refractivity (Wildman–Crippen MR) is 103 cm³/mol. The van der Waals surface area contributed by atoms with Gasteiger partial charge in [-0.2, -0.15) is 0 Å². The summed E-state index contributed by atoms with van der Waals surface area (Å²) in [5, 5.41) is 9.39. The minimum Gasteiger partial charge on any atom is -0.335 e. The summed E-state index contributed by atoms with van der Waals surface area (Å²) in [6.07, 6.45) is 5.53. The zero-order valence-electron chi connectivity index (χ0n) is 14.8. The van der Waals surface area contributed by atoms with E-state index in [-0.39, 0.29) is 30.6 Å². The van der Waals surface area contributed by atoms with Crippen LogP contribution in [0.25, 0.3) is 0 Å². The van der Waals surface area contributed by atoms with Crippen molar-refractivity contribution in [1.82, 2.24) is 10.6 Å². The summed E-state index contributed by atoms with van der Waals surface area (Å²) in [5.41, 5.74) is 1.15. The van der Waals surface area contributed by atoms with Gasteiger partial charge < -0.3 is 10.6 Å². The molecule has 1 aliphatic carbocycles. The minimum absolute atomic E-state index is 0.0587. The Morgan fingerprint density at radius 1 is 1.08 bits per heavy atom. The number of hydrogen-bond donors (Lipinski definition) is 3. The van der Waals surface area contributed by atoms with Crippen molar-refractivity contribution in [3.05, 3.63) is 58.3 Å². The maximum Gasteiger partial charge on any atom is 0.321 e. The summed E-state index contributed by atoms with van der Waals surface area (Å²) < 4.78 is 0. The van der Waals surface area contributed by atoms with Gasteiger partial charge in [-0.05, 0) is 24.3 Å². The Morgan fingerprint density at radius 2 is 1.85 bits per heavy atom. The number of rotatable bonds is 6. The number of imide groups is 1. The second-order valence-electron chi connectivity index (χ2n) is 6.70. The van der Waals surface area contributed by atoms with Gasteiger partial charge in [0, 0.05) is 11.6 Å². The Balaban J connectivity index is 1.52. The number of carbonyl (C=O) groups excluding carboxylic acids is 2. The number of thiophene rings is 1. The third-order valence-corrected chi connectivity index (χ3v) is 5.70. The molecule has 6 heteroatoms. The van der Waals surface area contributed by atoms with E-state index in [0.29, 0.717) is 0 Å². The standard InChI is InChI=1S/C20H25N3O2S/c24-18(23-20(25)22-16-10-5-2-6-11-16)14-21-19(17-12-7-13-26-17)15-8-3-1-4-9-15/h1,3-4,7-9,12-13,16,19,21H,2,5-6,10-11,14H2,(H2,22,23,24,25)/p+1/t19-/m1/s1. The first kappa shape index (κ1) is 18.6. The van der Waals surface area contributed by atoms with Gasteiger partial charge in [0.15, 0.2) is 6.54 Å². The highest BCUT2D eigenvalue weighted by Crippen LogP contribution is 2.22. The number of nitrogens with two attached hydrogens (primary N) is 1. The van der Waals surface area contributed by atoms with Gasteiger partial charge >= 0.3 is 6.03 Å². The molecule has 3 amide bonds. The van der Waals surface area contributed by atoms with Crippen molar-refractivity contribution in [2.75, 3.05) is 6.54 Å². The first-order chi connectivity index (χ1) is 12.7. The SMILES string of the molecule is O=C(C[NH2+][C@H](c1ccccc1)c1cccs1)NC(=O)NC1CCCCC1. The Bertz CT molecular complexity index is 697. The fraction of sp³-hybridized carbons (Fsp3) is 0.400. The van der Waals surface area contributed by atoms with Gasteiger partial charge in [-0.3, -0.25) is 10.1 Å². The van der Waals surface area contributed by atoms with Crippen LogP contribution in [-0.2, 0) is 4.79 Å². The summed E-state index contributed by atoms with van der Waals surface area (Å²) in [6, 6.07) is 14.1. The van der Waals surface area contributed by atoms with E-state index in [1.807, 2.05) is 35.0 Å². The van der Waals surface area contributed by atoms with Crippen LogP contribution in [0.5, 0.6) is 0 Å². The average molecular weight is 373 g/mol. The third kappa shape index (κ3) is 5.41. The second kappa shape index (κ2) is 9.50. The van der Waals surface area contributed by atoms with Crippen molar-refractivity contribution in [2.24, 2.45) is 0 Å². The normalized spacial score (nSPS) is 16.0. The average Bonchev–Trinajstić information content (AvgIpc) is 3.18. The van der Waals surface area contributed by atoms with Gasteiger partial charge in [-0.1, -0.05) is 55.7 Å². The Labute approximate surface area is 158 Å². The molecule has 1 aliphatic rings. The van der Waals surface area contributed by atoms with E-state index in [9.17, 15) is 9.59 Å². The summed E-state index contributed by atoms with van der Waals surface area (Å²) in [4.78, 5) is 25.4. The molecule has 5 nitrogen and oxygen atoms in total. The lowest BCUT2D eigenvalue weighted by molar-refractivity contribution is -0.676. The molecule has 4 N–H and O–H groups in total. The number of benzene rings is 1. The maximum absolute atomic E-state index is 12.2. The van der Waals surface area contributed by atoms with E-state index in [2.05, 4.69) is 28.8 Å². The zero-order chi connectivity index (χ0) is 18.2. The number of nitrogens with one attached hydrogen (secondary N) is 2. The highest BCUT2D eigenvalue weighted by molar-refractivity contribution is 7.10. The molecule has 26 heavy (non-hydrogen) atoms. The molecule has 0 unspecified atom stereocenters. The molecule has 0 bridgehead atoms. The van der Waals surface area contributed by atoms with Crippen LogP contribution in [0.4, 0.5) is 4.79 Å². The molecule has 138 valence electrons. The Morgan fingerprint density at radius 3 is 2.54 bits per heavy atom. The predicted octanol–water partition coefficient (Wildman–Crippen LogP) is 2.56. The lowest BCUT2D eigenvalue weighted by Gasteiger charge is -2.22. The molecular weight excluding hydrogens is 346 g/mol. The highest BCUT2D eigenvalue weighted by atomic mass is 32.1. The summed E-state index contributed by atoms with van der Waals surface area (Å²) in [5.74, 6) is -0.268. The van der Waals surface area contributed by atoms with Crippen molar-refractivity contribution in [3.63, 3.8) is 0 Å². The third-order valence-electron chi connectivity index (χ3n) is 4.74. The monoisotopic (exact) mass is 372 g/mol. The number of carbonyl (C=O) groups is 2. The van der Waals surface area contributed by atoms with Crippen LogP contribution in [0, 0.1) is 0 Å². The molecular formula is C20H26N3O2S+. The largest absolute Gasteiger partial charge is 0.335 e. The van der Waals surface area contributed by atoms with E-state index in [1.54, 1.807) is 11.3 Å². The van der Waals surface area contributed by atoms with Crippen LogP contribution in [0.2, 0.25) is 0 Å². The van der Waals surface area contributed by atoms with Gasteiger partial charge in [-0.15, -0.1) is 11.3 Å². The van der Waals surface area contributed by atoms with E-state index >= 15 is 0 Å². The molecule has 0 aliphatic heterocycles. The first-order valence-electron chi connectivity index (χ1n) is 9.24. The number of quaternary nitrogens is 1. The summed E-state index contributed by atoms with van der Waals surface area (Å²) >= 11 is 1.67. The lowest BCUT2D eigenvalue weighted by Crippen LogP contribution is -2.87. The van der Waals surface area contributed by atoms with Crippen molar-refractivity contribution >= 4 is 23.3 Å². The van der Waals surface area contributed by atoms with Gasteiger partial charge in [-0.25, -0.2) is 4.79 Å². The van der Waals surface area contributed by atoms with Crippen molar-refractivity contribution in [2.45, 2.75) is 44.2 Å². The molecule has 1 aromatic carbocycles. The van der Waals surface area contributed by atoms with Gasteiger partial charge in [0.05, 0.1) is 4.88 Å². The van der Waals surface area contributed by atoms with Crippen molar-refractivity contribution < 1.29 is 14.9 Å². The summed E-state index contributed by atoms with van der Waals surface area (Å²) in [7, 11) is 0. The summed E-state index contributed by atoms with van der Waals surface area (Å²) in [6.45, 7) is 0.204. The molecule has 3 rings (SSSR count). The van der Waals surface area contributed by atoms with E-state index in [4.69, 9.17) is 0 Å². The van der Waals surface area contributed by atoms with Crippen LogP contribution in [0.1, 0.15) is 48.6 Å².